The van der Waals surface area contributed by atoms with Gasteiger partial charge in [-0.05, 0) is 43.2 Å². The largest absolute Gasteiger partial charge is 0.324 e. The van der Waals surface area contributed by atoms with Gasteiger partial charge < -0.3 is 5.32 Å². The van der Waals surface area contributed by atoms with E-state index in [1.54, 1.807) is 36.5 Å². The van der Waals surface area contributed by atoms with Gasteiger partial charge in [0.05, 0.1) is 12.4 Å². The lowest BCUT2D eigenvalue weighted by Crippen LogP contribution is -2.42. The lowest BCUT2D eigenvalue weighted by Gasteiger charge is -2.23. The van der Waals surface area contributed by atoms with Crippen molar-refractivity contribution in [1.82, 2.24) is 15.0 Å². The third-order valence-corrected chi connectivity index (χ3v) is 4.78. The summed E-state index contributed by atoms with van der Waals surface area (Å²) in [5, 5.41) is 2.86. The first kappa shape index (κ1) is 18.7. The average Bonchev–Trinajstić information content (AvgIpc) is 3.12. The highest BCUT2D eigenvalue weighted by molar-refractivity contribution is 6.07. The van der Waals surface area contributed by atoms with Crippen LogP contribution in [0.4, 0.5) is 15.9 Å². The smallest absolute Gasteiger partial charge is 0.247 e. The molecule has 0 spiro atoms. The molecule has 1 aliphatic rings. The van der Waals surface area contributed by atoms with Crippen LogP contribution < -0.4 is 10.2 Å². The third-order valence-electron chi connectivity index (χ3n) is 4.78. The van der Waals surface area contributed by atoms with Gasteiger partial charge in [0.2, 0.25) is 11.8 Å². The Balaban J connectivity index is 1.57. The van der Waals surface area contributed by atoms with Crippen LogP contribution in [0.3, 0.4) is 0 Å². The van der Waals surface area contributed by atoms with E-state index in [2.05, 4.69) is 20.3 Å². The summed E-state index contributed by atoms with van der Waals surface area (Å²) in [6, 6.07) is 9.93. The van der Waals surface area contributed by atoms with E-state index in [9.17, 15) is 14.0 Å². The molecule has 4 rings (SSSR count). The summed E-state index contributed by atoms with van der Waals surface area (Å²) in [5.74, 6) is -0.119. The number of carbonyl (C=O) groups is 2. The molecule has 1 unspecified atom stereocenters. The molecule has 0 radical (unpaired) electrons. The van der Waals surface area contributed by atoms with Crippen LogP contribution in [0.15, 0.2) is 55.0 Å². The number of aromatic nitrogens is 3. The monoisotopic (exact) mass is 391 g/mol. The zero-order valence-corrected chi connectivity index (χ0v) is 15.7. The Morgan fingerprint density at radius 3 is 2.69 bits per heavy atom. The Labute approximate surface area is 166 Å². The van der Waals surface area contributed by atoms with Crippen LogP contribution in [0.1, 0.15) is 18.4 Å². The summed E-state index contributed by atoms with van der Waals surface area (Å²) in [5.41, 5.74) is 2.12. The molecule has 1 N–H and O–H groups in total. The normalized spacial score (nSPS) is 16.1. The number of nitrogens with zero attached hydrogens (tertiary/aromatic N) is 4. The fraction of sp³-hybridized carbons (Fsp3) is 0.190. The number of benzene rings is 1. The fourth-order valence-corrected chi connectivity index (χ4v) is 3.33. The predicted molar refractivity (Wildman–Crippen MR) is 106 cm³/mol. The summed E-state index contributed by atoms with van der Waals surface area (Å²) in [4.78, 5) is 38.9. The van der Waals surface area contributed by atoms with Crippen LogP contribution in [0.5, 0.6) is 0 Å². The van der Waals surface area contributed by atoms with Gasteiger partial charge in [0.1, 0.15) is 11.9 Å². The number of halogens is 1. The van der Waals surface area contributed by atoms with E-state index in [1.165, 1.54) is 4.90 Å². The lowest BCUT2D eigenvalue weighted by molar-refractivity contribution is -0.120. The maximum atomic E-state index is 13.1. The molecule has 0 bridgehead atoms. The molecular weight excluding hydrogens is 373 g/mol. The van der Waals surface area contributed by atoms with Crippen molar-refractivity contribution in [3.8, 4) is 11.4 Å². The number of anilines is 2. The van der Waals surface area contributed by atoms with Crippen LogP contribution in [-0.2, 0) is 9.59 Å². The van der Waals surface area contributed by atoms with E-state index in [-0.39, 0.29) is 18.2 Å². The van der Waals surface area contributed by atoms with Gasteiger partial charge in [-0.2, -0.15) is 0 Å². The molecule has 1 fully saturated rings. The molecule has 0 aliphatic carbocycles. The Hall–Kier alpha value is -3.68. The van der Waals surface area contributed by atoms with Crippen LogP contribution in [-0.4, -0.2) is 32.8 Å². The van der Waals surface area contributed by atoms with E-state index in [4.69, 9.17) is 0 Å². The number of pyridine rings is 1. The topological polar surface area (TPSA) is 88.1 Å². The Morgan fingerprint density at radius 2 is 1.97 bits per heavy atom. The van der Waals surface area contributed by atoms with Crippen molar-refractivity contribution in [3.05, 3.63) is 66.4 Å². The van der Waals surface area contributed by atoms with Gasteiger partial charge in [-0.1, -0.05) is 12.1 Å². The zero-order valence-electron chi connectivity index (χ0n) is 15.7. The number of carbonyl (C=O) groups excluding carboxylic acids is 2. The maximum absolute atomic E-state index is 13.1. The SMILES string of the molecule is Cc1ccc(NC(=O)C2CCC(=O)N2c2ccccn2)cc1-c1ncc(F)cn1. The number of aryl methyl sites for hydroxylation is 1. The van der Waals surface area contributed by atoms with Gasteiger partial charge >= 0.3 is 0 Å². The molecule has 3 heterocycles. The molecular formula is C21H18FN5O2. The molecule has 8 heteroatoms. The van der Waals surface area contributed by atoms with Gasteiger partial charge in [-0.15, -0.1) is 0 Å². The molecule has 2 aromatic heterocycles. The molecule has 7 nitrogen and oxygen atoms in total. The highest BCUT2D eigenvalue weighted by atomic mass is 19.1. The molecule has 0 saturated carbocycles. The molecule has 146 valence electrons. The second kappa shape index (κ2) is 7.75. The molecule has 3 aromatic rings. The molecule has 29 heavy (non-hydrogen) atoms. The van der Waals surface area contributed by atoms with E-state index in [1.807, 2.05) is 13.0 Å². The van der Waals surface area contributed by atoms with Crippen molar-refractivity contribution < 1.29 is 14.0 Å². The van der Waals surface area contributed by atoms with Crippen molar-refractivity contribution >= 4 is 23.3 Å². The standard InChI is InChI=1S/C21H18FN5O2/c1-13-5-6-15(10-16(13)20-24-11-14(22)12-25-20)26-21(29)17-7-8-19(28)27(17)18-4-2-3-9-23-18/h2-6,9-12,17H,7-8H2,1H3,(H,26,29). The van der Waals surface area contributed by atoms with Gasteiger partial charge in [-0.3, -0.25) is 14.5 Å². The van der Waals surface area contributed by atoms with Crippen LogP contribution in [0.2, 0.25) is 0 Å². The first-order chi connectivity index (χ1) is 14.0. The molecule has 1 aromatic carbocycles. The van der Waals surface area contributed by atoms with Gasteiger partial charge in [0.15, 0.2) is 11.6 Å². The minimum Gasteiger partial charge on any atom is -0.324 e. The van der Waals surface area contributed by atoms with Crippen LogP contribution >= 0.6 is 0 Å². The highest BCUT2D eigenvalue weighted by Crippen LogP contribution is 2.27. The Bertz CT molecular complexity index is 1060. The number of nitrogens with one attached hydrogen (secondary N) is 1. The molecule has 1 atom stereocenters. The lowest BCUT2D eigenvalue weighted by atomic mass is 10.1. The van der Waals surface area contributed by atoms with E-state index < -0.39 is 11.9 Å². The molecule has 2 amide bonds. The van der Waals surface area contributed by atoms with Crippen LogP contribution in [0.25, 0.3) is 11.4 Å². The van der Waals surface area contributed by atoms with Crippen molar-refractivity contribution in [3.63, 3.8) is 0 Å². The number of hydrogen-bond donors (Lipinski definition) is 1. The van der Waals surface area contributed by atoms with E-state index in [0.717, 1.165) is 18.0 Å². The highest BCUT2D eigenvalue weighted by Gasteiger charge is 2.37. The summed E-state index contributed by atoms with van der Waals surface area (Å²) < 4.78 is 13.1. The van der Waals surface area contributed by atoms with E-state index in [0.29, 0.717) is 29.3 Å². The number of rotatable bonds is 4. The quantitative estimate of drug-likeness (QED) is 0.738. The Kier molecular flexibility index (Phi) is 4.99. The van der Waals surface area contributed by atoms with Gasteiger partial charge in [-0.25, -0.2) is 19.3 Å². The maximum Gasteiger partial charge on any atom is 0.247 e. The van der Waals surface area contributed by atoms with Crippen molar-refractivity contribution in [1.29, 1.82) is 0 Å². The second-order valence-electron chi connectivity index (χ2n) is 6.75. The molecule has 1 aliphatic heterocycles. The van der Waals surface area contributed by atoms with Gasteiger partial charge in [0, 0.05) is 23.9 Å². The molecule has 1 saturated heterocycles. The summed E-state index contributed by atoms with van der Waals surface area (Å²) in [6.07, 6.45) is 4.49. The van der Waals surface area contributed by atoms with Crippen molar-refractivity contribution in [2.24, 2.45) is 0 Å². The average molecular weight is 391 g/mol. The fourth-order valence-electron chi connectivity index (χ4n) is 3.33. The summed E-state index contributed by atoms with van der Waals surface area (Å²) in [7, 11) is 0. The van der Waals surface area contributed by atoms with Gasteiger partial charge in [0.25, 0.3) is 0 Å². The number of amides is 2. The third kappa shape index (κ3) is 3.82. The minimum atomic E-state index is -0.635. The Morgan fingerprint density at radius 1 is 1.17 bits per heavy atom. The zero-order chi connectivity index (χ0) is 20.4. The van der Waals surface area contributed by atoms with Crippen LogP contribution in [0, 0.1) is 12.7 Å². The predicted octanol–water partition coefficient (Wildman–Crippen LogP) is 3.12. The van der Waals surface area contributed by atoms with E-state index >= 15 is 0 Å². The van der Waals surface area contributed by atoms with Crippen molar-refractivity contribution in [2.45, 2.75) is 25.8 Å². The minimum absolute atomic E-state index is 0.131. The summed E-state index contributed by atoms with van der Waals surface area (Å²) in [6.45, 7) is 1.88. The second-order valence-corrected chi connectivity index (χ2v) is 6.75. The van der Waals surface area contributed by atoms with Crippen molar-refractivity contribution in [2.75, 3.05) is 10.2 Å². The number of hydrogen-bond acceptors (Lipinski definition) is 5. The first-order valence-corrected chi connectivity index (χ1v) is 9.15. The first-order valence-electron chi connectivity index (χ1n) is 9.15. The summed E-state index contributed by atoms with van der Waals surface area (Å²) >= 11 is 0.